The van der Waals surface area contributed by atoms with Crippen LogP contribution in [0.4, 0.5) is 0 Å². The zero-order chi connectivity index (χ0) is 11.0. The van der Waals surface area contributed by atoms with E-state index >= 15 is 0 Å². The van der Waals surface area contributed by atoms with Gasteiger partial charge < -0.3 is 10.3 Å². The van der Waals surface area contributed by atoms with Crippen molar-refractivity contribution in [2.45, 2.75) is 25.5 Å². The van der Waals surface area contributed by atoms with E-state index in [4.69, 9.17) is 15.3 Å². The summed E-state index contributed by atoms with van der Waals surface area (Å²) in [5.74, 6) is 0. The Bertz CT molecular complexity index is 182. The Kier molecular flexibility index (Phi) is 6.69. The zero-order valence-electron chi connectivity index (χ0n) is 8.00. The van der Waals surface area contributed by atoms with Crippen molar-refractivity contribution in [1.82, 2.24) is 4.90 Å². The van der Waals surface area contributed by atoms with E-state index in [0.29, 0.717) is 0 Å². The minimum Gasteiger partial charge on any atom is -0.378 e. The Morgan fingerprint density at radius 2 is 2.21 bits per heavy atom. The molecule has 1 aliphatic heterocycles. The standard InChI is InChI=1S/C8H15NO.HNO3/c1-2-6-9-7-4-3-5-8(9)10;2-1(3)4/h2,8,10H,1,3-7H2;(H,2,3,4). The average Bonchev–Trinajstić information content (AvgIpc) is 2.08. The maximum atomic E-state index is 9.38. The second-order valence-electron chi connectivity index (χ2n) is 3.00. The average molecular weight is 204 g/mol. The van der Waals surface area contributed by atoms with Gasteiger partial charge in [-0.15, -0.1) is 16.7 Å². The molecule has 82 valence electrons. The van der Waals surface area contributed by atoms with Crippen LogP contribution in [0.3, 0.4) is 0 Å². The van der Waals surface area contributed by atoms with Crippen LogP contribution in [0.15, 0.2) is 12.7 Å². The van der Waals surface area contributed by atoms with Crippen molar-refractivity contribution in [2.24, 2.45) is 0 Å². The van der Waals surface area contributed by atoms with Gasteiger partial charge in [0.2, 0.25) is 0 Å². The van der Waals surface area contributed by atoms with Crippen molar-refractivity contribution < 1.29 is 15.4 Å². The molecule has 1 unspecified atom stereocenters. The van der Waals surface area contributed by atoms with Crippen molar-refractivity contribution in [3.05, 3.63) is 22.8 Å². The fraction of sp³-hybridized carbons (Fsp3) is 0.750. The summed E-state index contributed by atoms with van der Waals surface area (Å²) >= 11 is 0. The third kappa shape index (κ3) is 6.38. The Labute approximate surface area is 82.6 Å². The molecular weight excluding hydrogens is 188 g/mol. The first-order valence-corrected chi connectivity index (χ1v) is 4.44. The van der Waals surface area contributed by atoms with Crippen molar-refractivity contribution in [1.29, 1.82) is 0 Å². The van der Waals surface area contributed by atoms with E-state index in [0.717, 1.165) is 25.9 Å². The molecular formula is C8H16N2O4. The van der Waals surface area contributed by atoms with Crippen LogP contribution >= 0.6 is 0 Å². The number of hydrogen-bond donors (Lipinski definition) is 2. The molecule has 1 heterocycles. The number of likely N-dealkylation sites (tertiary alicyclic amines) is 1. The smallest absolute Gasteiger partial charge is 0.291 e. The molecule has 0 radical (unpaired) electrons. The van der Waals surface area contributed by atoms with Crippen LogP contribution in [0.2, 0.25) is 0 Å². The van der Waals surface area contributed by atoms with Gasteiger partial charge in [-0.2, -0.15) is 0 Å². The Hall–Kier alpha value is -1.14. The third-order valence-corrected chi connectivity index (χ3v) is 1.94. The Balaban J connectivity index is 0.000000364. The van der Waals surface area contributed by atoms with E-state index in [1.54, 1.807) is 0 Å². The molecule has 1 atom stereocenters. The SMILES string of the molecule is C=CCN1CCCCC1O.O=[N+]([O-])O. The van der Waals surface area contributed by atoms with Gasteiger partial charge in [0.25, 0.3) is 5.09 Å². The van der Waals surface area contributed by atoms with Gasteiger partial charge in [-0.3, -0.25) is 4.90 Å². The monoisotopic (exact) mass is 204 g/mol. The number of nitrogens with zero attached hydrogens (tertiary/aromatic N) is 2. The molecule has 0 aromatic rings. The minimum absolute atomic E-state index is 0.216. The van der Waals surface area contributed by atoms with Gasteiger partial charge in [0.1, 0.15) is 6.23 Å². The van der Waals surface area contributed by atoms with E-state index < -0.39 is 5.09 Å². The normalized spacial score (nSPS) is 21.9. The molecule has 0 spiro atoms. The molecule has 0 aromatic heterocycles. The fourth-order valence-electron chi connectivity index (χ4n) is 1.35. The summed E-state index contributed by atoms with van der Waals surface area (Å²) in [5, 5.41) is 23.0. The van der Waals surface area contributed by atoms with E-state index in [-0.39, 0.29) is 6.23 Å². The van der Waals surface area contributed by atoms with Crippen LogP contribution in [-0.2, 0) is 0 Å². The molecule has 1 fully saturated rings. The summed E-state index contributed by atoms with van der Waals surface area (Å²) in [5.41, 5.74) is 0. The van der Waals surface area contributed by atoms with E-state index in [9.17, 15) is 5.11 Å². The lowest BCUT2D eigenvalue weighted by Crippen LogP contribution is -2.39. The summed E-state index contributed by atoms with van der Waals surface area (Å²) in [4.78, 5) is 10.4. The van der Waals surface area contributed by atoms with Crippen LogP contribution < -0.4 is 0 Å². The van der Waals surface area contributed by atoms with Crippen LogP contribution in [0.1, 0.15) is 19.3 Å². The van der Waals surface area contributed by atoms with Crippen molar-refractivity contribution in [3.8, 4) is 0 Å². The van der Waals surface area contributed by atoms with Crippen molar-refractivity contribution in [2.75, 3.05) is 13.1 Å². The largest absolute Gasteiger partial charge is 0.378 e. The fourth-order valence-corrected chi connectivity index (χ4v) is 1.35. The molecule has 0 aromatic carbocycles. The van der Waals surface area contributed by atoms with Gasteiger partial charge in [-0.25, -0.2) is 0 Å². The number of aliphatic hydroxyl groups excluding tert-OH is 1. The van der Waals surface area contributed by atoms with Crippen LogP contribution in [0.25, 0.3) is 0 Å². The summed E-state index contributed by atoms with van der Waals surface area (Å²) in [6.07, 6.45) is 4.92. The molecule has 0 amide bonds. The van der Waals surface area contributed by atoms with Crippen LogP contribution in [-0.4, -0.2) is 39.6 Å². The molecule has 6 heteroatoms. The molecule has 2 N–H and O–H groups in total. The van der Waals surface area contributed by atoms with Crippen LogP contribution in [0.5, 0.6) is 0 Å². The highest BCUT2D eigenvalue weighted by atomic mass is 16.9. The second kappa shape index (κ2) is 7.28. The maximum absolute atomic E-state index is 9.38. The minimum atomic E-state index is -1.50. The lowest BCUT2D eigenvalue weighted by Gasteiger charge is -2.30. The number of piperidine rings is 1. The predicted octanol–water partition coefficient (Wildman–Crippen LogP) is 0.629. The van der Waals surface area contributed by atoms with Crippen molar-refractivity contribution >= 4 is 0 Å². The van der Waals surface area contributed by atoms with Crippen molar-refractivity contribution in [3.63, 3.8) is 0 Å². The van der Waals surface area contributed by atoms with Gasteiger partial charge in [0.05, 0.1) is 0 Å². The van der Waals surface area contributed by atoms with E-state index in [1.807, 2.05) is 6.08 Å². The quantitative estimate of drug-likeness (QED) is 0.391. The lowest BCUT2D eigenvalue weighted by molar-refractivity contribution is -0.742. The van der Waals surface area contributed by atoms with Gasteiger partial charge in [0, 0.05) is 13.1 Å². The maximum Gasteiger partial charge on any atom is 0.291 e. The molecule has 1 saturated heterocycles. The predicted molar refractivity (Wildman–Crippen MR) is 50.4 cm³/mol. The highest BCUT2D eigenvalue weighted by Gasteiger charge is 2.17. The summed E-state index contributed by atoms with van der Waals surface area (Å²) in [6, 6.07) is 0. The molecule has 14 heavy (non-hydrogen) atoms. The Morgan fingerprint density at radius 3 is 2.64 bits per heavy atom. The molecule has 6 nitrogen and oxygen atoms in total. The summed E-state index contributed by atoms with van der Waals surface area (Å²) in [7, 11) is 0. The van der Waals surface area contributed by atoms with Crippen LogP contribution in [0, 0.1) is 10.1 Å². The van der Waals surface area contributed by atoms with E-state index in [1.165, 1.54) is 6.42 Å². The topological polar surface area (TPSA) is 86.8 Å². The second-order valence-corrected chi connectivity index (χ2v) is 3.00. The number of aliphatic hydroxyl groups is 1. The third-order valence-electron chi connectivity index (χ3n) is 1.94. The summed E-state index contributed by atoms with van der Waals surface area (Å²) < 4.78 is 0. The number of rotatable bonds is 2. The van der Waals surface area contributed by atoms with Gasteiger partial charge in [0.15, 0.2) is 0 Å². The van der Waals surface area contributed by atoms with E-state index in [2.05, 4.69) is 11.5 Å². The first-order chi connectivity index (χ1) is 6.57. The molecule has 1 rings (SSSR count). The first kappa shape index (κ1) is 12.9. The number of hydrogen-bond acceptors (Lipinski definition) is 4. The first-order valence-electron chi connectivity index (χ1n) is 4.44. The molecule has 1 aliphatic rings. The lowest BCUT2D eigenvalue weighted by atomic mass is 10.1. The van der Waals surface area contributed by atoms with Gasteiger partial charge in [-0.1, -0.05) is 6.08 Å². The van der Waals surface area contributed by atoms with Gasteiger partial charge in [-0.05, 0) is 19.3 Å². The zero-order valence-corrected chi connectivity index (χ0v) is 8.00. The summed E-state index contributed by atoms with van der Waals surface area (Å²) in [6.45, 7) is 5.48. The molecule has 0 bridgehead atoms. The van der Waals surface area contributed by atoms with Gasteiger partial charge >= 0.3 is 0 Å². The highest BCUT2D eigenvalue weighted by Crippen LogP contribution is 2.13. The molecule has 0 aliphatic carbocycles. The molecule has 0 saturated carbocycles. The highest BCUT2D eigenvalue weighted by molar-refractivity contribution is 4.77. The Morgan fingerprint density at radius 1 is 1.64 bits per heavy atom.